The number of urea groups is 1. The fourth-order valence-corrected chi connectivity index (χ4v) is 3.93. The Bertz CT molecular complexity index is 701. The molecular formula is C19H25ClN4O2. The molecule has 0 atom stereocenters. The average molecular weight is 377 g/mol. The van der Waals surface area contributed by atoms with E-state index in [4.69, 9.17) is 11.6 Å². The fourth-order valence-electron chi connectivity index (χ4n) is 3.65. The summed E-state index contributed by atoms with van der Waals surface area (Å²) in [4.78, 5) is 27.9. The molecule has 26 heavy (non-hydrogen) atoms. The normalized spacial score (nSPS) is 20.3. The highest BCUT2D eigenvalue weighted by Crippen LogP contribution is 2.29. The molecule has 1 aromatic carbocycles. The summed E-state index contributed by atoms with van der Waals surface area (Å²) in [5.74, 6) is 0.378. The number of carbonyl (C=O) groups excluding carboxylic acids is 2. The van der Waals surface area contributed by atoms with E-state index in [1.54, 1.807) is 4.90 Å². The van der Waals surface area contributed by atoms with Crippen LogP contribution in [0.1, 0.15) is 24.0 Å². The number of carbonyl (C=O) groups is 2. The summed E-state index contributed by atoms with van der Waals surface area (Å²) in [6.45, 7) is 4.52. The van der Waals surface area contributed by atoms with Crippen molar-refractivity contribution in [3.8, 4) is 0 Å². The zero-order valence-corrected chi connectivity index (χ0v) is 15.6. The van der Waals surface area contributed by atoms with E-state index in [9.17, 15) is 9.59 Å². The first-order valence-corrected chi connectivity index (χ1v) is 9.79. The van der Waals surface area contributed by atoms with Crippen molar-refractivity contribution in [1.82, 2.24) is 20.4 Å². The predicted molar refractivity (Wildman–Crippen MR) is 100 cm³/mol. The van der Waals surface area contributed by atoms with E-state index >= 15 is 0 Å². The Morgan fingerprint density at radius 3 is 2.81 bits per heavy atom. The molecule has 2 N–H and O–H groups in total. The van der Waals surface area contributed by atoms with Gasteiger partial charge in [-0.2, -0.15) is 0 Å². The molecule has 0 bridgehead atoms. The minimum atomic E-state index is -0.0395. The molecule has 1 aliphatic carbocycles. The van der Waals surface area contributed by atoms with Gasteiger partial charge in [-0.1, -0.05) is 23.7 Å². The standard InChI is InChI=1S/C19H25ClN4O2/c20-17-3-1-2-14-10-23(8-6-16(14)17)9-7-21-19(26)24-11-15(12-24)22-18(25)13-4-5-13/h1-3,13,15H,4-12H2,(H,21,26)(H,22,25). The number of halogens is 1. The smallest absolute Gasteiger partial charge is 0.317 e. The fraction of sp³-hybridized carbons (Fsp3) is 0.579. The largest absolute Gasteiger partial charge is 0.350 e. The predicted octanol–water partition coefficient (Wildman–Crippen LogP) is 1.62. The first-order valence-electron chi connectivity index (χ1n) is 9.42. The Kier molecular flexibility index (Phi) is 5.05. The lowest BCUT2D eigenvalue weighted by Crippen LogP contribution is -2.63. The lowest BCUT2D eigenvalue weighted by atomic mass is 10.00. The minimum Gasteiger partial charge on any atom is -0.350 e. The number of likely N-dealkylation sites (tertiary alicyclic amines) is 1. The van der Waals surface area contributed by atoms with Crippen molar-refractivity contribution >= 4 is 23.5 Å². The molecule has 1 saturated heterocycles. The average Bonchev–Trinajstić information content (AvgIpc) is 3.42. The number of rotatable bonds is 5. The maximum atomic E-state index is 12.2. The molecular weight excluding hydrogens is 352 g/mol. The van der Waals surface area contributed by atoms with Crippen molar-refractivity contribution < 1.29 is 9.59 Å². The molecule has 6 nitrogen and oxygen atoms in total. The van der Waals surface area contributed by atoms with Crippen LogP contribution in [-0.2, 0) is 17.8 Å². The molecule has 7 heteroatoms. The van der Waals surface area contributed by atoms with Crippen LogP contribution in [-0.4, -0.2) is 60.5 Å². The van der Waals surface area contributed by atoms with Gasteiger partial charge >= 0.3 is 6.03 Å². The van der Waals surface area contributed by atoms with E-state index in [2.05, 4.69) is 21.6 Å². The lowest BCUT2D eigenvalue weighted by Gasteiger charge is -2.39. The monoisotopic (exact) mass is 376 g/mol. The van der Waals surface area contributed by atoms with Gasteiger partial charge in [-0.25, -0.2) is 4.79 Å². The third-order valence-corrected chi connectivity index (χ3v) is 5.81. The molecule has 3 amide bonds. The molecule has 0 radical (unpaired) electrons. The second-order valence-corrected chi connectivity index (χ2v) is 7.93. The van der Waals surface area contributed by atoms with Crippen molar-refractivity contribution in [3.05, 3.63) is 34.3 Å². The molecule has 140 valence electrons. The van der Waals surface area contributed by atoms with Crippen LogP contribution < -0.4 is 10.6 Å². The van der Waals surface area contributed by atoms with E-state index in [0.29, 0.717) is 19.6 Å². The summed E-state index contributed by atoms with van der Waals surface area (Å²) in [6, 6.07) is 6.15. The second kappa shape index (κ2) is 7.45. The summed E-state index contributed by atoms with van der Waals surface area (Å²) >= 11 is 6.25. The first-order chi connectivity index (χ1) is 12.6. The zero-order chi connectivity index (χ0) is 18.1. The van der Waals surface area contributed by atoms with Crippen LogP contribution in [0.3, 0.4) is 0 Å². The molecule has 0 spiro atoms. The van der Waals surface area contributed by atoms with E-state index in [-0.39, 0.29) is 23.9 Å². The van der Waals surface area contributed by atoms with Gasteiger partial charge in [-0.15, -0.1) is 0 Å². The lowest BCUT2D eigenvalue weighted by molar-refractivity contribution is -0.123. The Labute approximate surface area is 158 Å². The van der Waals surface area contributed by atoms with Crippen LogP contribution in [0.25, 0.3) is 0 Å². The highest BCUT2D eigenvalue weighted by Gasteiger charge is 2.36. The van der Waals surface area contributed by atoms with Gasteiger partial charge < -0.3 is 15.5 Å². The first kappa shape index (κ1) is 17.6. The van der Waals surface area contributed by atoms with Gasteiger partial charge in [-0.3, -0.25) is 9.69 Å². The Morgan fingerprint density at radius 1 is 1.23 bits per heavy atom. The van der Waals surface area contributed by atoms with E-state index < -0.39 is 0 Å². The summed E-state index contributed by atoms with van der Waals surface area (Å²) < 4.78 is 0. The zero-order valence-electron chi connectivity index (χ0n) is 14.8. The van der Waals surface area contributed by atoms with Crippen molar-refractivity contribution in [2.45, 2.75) is 31.8 Å². The summed E-state index contributed by atoms with van der Waals surface area (Å²) in [5.41, 5.74) is 2.54. The van der Waals surface area contributed by atoms with Crippen LogP contribution in [0.15, 0.2) is 18.2 Å². The number of hydrogen-bond acceptors (Lipinski definition) is 3. The van der Waals surface area contributed by atoms with Gasteiger partial charge in [0, 0.05) is 50.2 Å². The van der Waals surface area contributed by atoms with Crippen molar-refractivity contribution in [1.29, 1.82) is 0 Å². The van der Waals surface area contributed by atoms with E-state index in [0.717, 1.165) is 43.9 Å². The van der Waals surface area contributed by atoms with Crippen LogP contribution in [0, 0.1) is 5.92 Å². The molecule has 4 rings (SSSR count). The van der Waals surface area contributed by atoms with Gasteiger partial charge in [0.2, 0.25) is 5.91 Å². The highest BCUT2D eigenvalue weighted by atomic mass is 35.5. The van der Waals surface area contributed by atoms with Crippen LogP contribution in [0.2, 0.25) is 5.02 Å². The van der Waals surface area contributed by atoms with E-state index in [1.165, 1.54) is 11.1 Å². The molecule has 1 saturated carbocycles. The van der Waals surface area contributed by atoms with Gasteiger partial charge in [0.15, 0.2) is 0 Å². The second-order valence-electron chi connectivity index (χ2n) is 7.52. The molecule has 0 aromatic heterocycles. The third-order valence-electron chi connectivity index (χ3n) is 5.46. The number of benzene rings is 1. The summed E-state index contributed by atoms with van der Waals surface area (Å²) in [5, 5.41) is 6.85. The molecule has 3 aliphatic rings. The Balaban J connectivity index is 1.14. The Morgan fingerprint density at radius 2 is 2.04 bits per heavy atom. The maximum absolute atomic E-state index is 12.2. The molecule has 1 aromatic rings. The van der Waals surface area contributed by atoms with Gasteiger partial charge in [0.1, 0.15) is 0 Å². The number of hydrogen-bond donors (Lipinski definition) is 2. The van der Waals surface area contributed by atoms with Gasteiger partial charge in [0.25, 0.3) is 0 Å². The number of nitrogens with one attached hydrogen (secondary N) is 2. The molecule has 2 fully saturated rings. The van der Waals surface area contributed by atoms with Crippen LogP contribution in [0.4, 0.5) is 4.79 Å². The molecule has 2 heterocycles. The third kappa shape index (κ3) is 3.96. The van der Waals surface area contributed by atoms with Gasteiger partial charge in [-0.05, 0) is 36.5 Å². The van der Waals surface area contributed by atoms with Crippen LogP contribution in [0.5, 0.6) is 0 Å². The van der Waals surface area contributed by atoms with Crippen molar-refractivity contribution in [2.24, 2.45) is 5.92 Å². The number of nitrogens with zero attached hydrogens (tertiary/aromatic N) is 2. The summed E-state index contributed by atoms with van der Waals surface area (Å²) in [7, 11) is 0. The highest BCUT2D eigenvalue weighted by molar-refractivity contribution is 6.31. The van der Waals surface area contributed by atoms with Crippen molar-refractivity contribution in [3.63, 3.8) is 0 Å². The minimum absolute atomic E-state index is 0.0395. The topological polar surface area (TPSA) is 64.7 Å². The summed E-state index contributed by atoms with van der Waals surface area (Å²) in [6.07, 6.45) is 2.98. The van der Waals surface area contributed by atoms with Gasteiger partial charge in [0.05, 0.1) is 6.04 Å². The SMILES string of the molecule is O=C(NC1CN(C(=O)NCCN2CCc3c(Cl)cccc3C2)C1)C1CC1. The maximum Gasteiger partial charge on any atom is 0.317 e. The number of fused-ring (bicyclic) bond motifs is 1. The quantitative estimate of drug-likeness (QED) is 0.820. The van der Waals surface area contributed by atoms with E-state index in [1.807, 2.05) is 12.1 Å². The Hall–Kier alpha value is -1.79. The van der Waals surface area contributed by atoms with Crippen molar-refractivity contribution in [2.75, 3.05) is 32.7 Å². The molecule has 2 aliphatic heterocycles. The van der Waals surface area contributed by atoms with Crippen LogP contribution >= 0.6 is 11.6 Å². The number of amides is 3. The molecule has 0 unspecified atom stereocenters.